The second-order valence-corrected chi connectivity index (χ2v) is 2.59. The second-order valence-electron chi connectivity index (χ2n) is 2.59. The highest BCUT2D eigenvalue weighted by atomic mass is 35.5. The molecule has 1 aromatic carbocycles. The van der Waals surface area contributed by atoms with Crippen molar-refractivity contribution in [3.63, 3.8) is 0 Å². The number of nitrogens with one attached hydrogen (secondary N) is 1. The molecule has 0 saturated heterocycles. The Labute approximate surface area is 92.7 Å². The molecule has 3 heteroatoms. The number of benzene rings is 1. The summed E-state index contributed by atoms with van der Waals surface area (Å²) in [5, 5.41) is 3.30. The van der Waals surface area contributed by atoms with Crippen molar-refractivity contribution in [1.82, 2.24) is 5.32 Å². The molecular formula is C10H17Cl2N. The van der Waals surface area contributed by atoms with Crippen LogP contribution in [0.4, 0.5) is 0 Å². The van der Waals surface area contributed by atoms with E-state index in [2.05, 4.69) is 42.6 Å². The van der Waals surface area contributed by atoms with Crippen LogP contribution in [0.25, 0.3) is 0 Å². The van der Waals surface area contributed by atoms with Crippen molar-refractivity contribution >= 4 is 24.8 Å². The highest BCUT2D eigenvalue weighted by Crippen LogP contribution is 1.97. The fraction of sp³-hybridized carbons (Fsp3) is 0.400. The maximum atomic E-state index is 3.30. The summed E-state index contributed by atoms with van der Waals surface area (Å²) in [5.74, 6) is 0. The van der Waals surface area contributed by atoms with Crippen molar-refractivity contribution in [1.29, 1.82) is 0 Å². The van der Waals surface area contributed by atoms with Gasteiger partial charge in [-0.25, -0.2) is 0 Å². The molecule has 1 nitrogen and oxygen atoms in total. The first-order valence-electron chi connectivity index (χ1n) is 4.18. The van der Waals surface area contributed by atoms with Crippen LogP contribution >= 0.6 is 24.8 Å². The van der Waals surface area contributed by atoms with Gasteiger partial charge in [0, 0.05) is 0 Å². The zero-order valence-electron chi connectivity index (χ0n) is 7.82. The number of halogens is 2. The summed E-state index contributed by atoms with van der Waals surface area (Å²) in [4.78, 5) is 0. The van der Waals surface area contributed by atoms with E-state index in [0.29, 0.717) is 0 Å². The Kier molecular flexibility index (Phi) is 11.5. The Balaban J connectivity index is 0. The first kappa shape index (κ1) is 15.2. The van der Waals surface area contributed by atoms with Crippen molar-refractivity contribution in [2.75, 3.05) is 13.1 Å². The van der Waals surface area contributed by atoms with E-state index in [0.717, 1.165) is 19.5 Å². The Bertz CT molecular complexity index is 189. The summed E-state index contributed by atoms with van der Waals surface area (Å²) >= 11 is 0. The summed E-state index contributed by atoms with van der Waals surface area (Å²) in [7, 11) is 0. The number of hydrogen-bond acceptors (Lipinski definition) is 1. The lowest BCUT2D eigenvalue weighted by atomic mass is 10.1. The molecule has 0 aliphatic carbocycles. The fourth-order valence-electron chi connectivity index (χ4n) is 1.05. The molecule has 76 valence electrons. The Morgan fingerprint density at radius 3 is 2.23 bits per heavy atom. The molecule has 0 fully saturated rings. The van der Waals surface area contributed by atoms with Crippen molar-refractivity contribution in [3.05, 3.63) is 35.9 Å². The van der Waals surface area contributed by atoms with Crippen LogP contribution in [0.3, 0.4) is 0 Å². The molecule has 0 heterocycles. The predicted octanol–water partition coefficient (Wildman–Crippen LogP) is 2.68. The van der Waals surface area contributed by atoms with Crippen molar-refractivity contribution in [3.8, 4) is 0 Å². The maximum absolute atomic E-state index is 3.30. The molecule has 0 atom stereocenters. The van der Waals surface area contributed by atoms with Crippen molar-refractivity contribution < 1.29 is 0 Å². The first-order chi connectivity index (χ1) is 5.43. The van der Waals surface area contributed by atoms with Gasteiger partial charge in [0.2, 0.25) is 0 Å². The normalized spacial score (nSPS) is 8.38. The van der Waals surface area contributed by atoms with Crippen molar-refractivity contribution in [2.24, 2.45) is 0 Å². The largest absolute Gasteiger partial charge is 0.317 e. The summed E-state index contributed by atoms with van der Waals surface area (Å²) in [6.07, 6.45) is 1.13. The first-order valence-corrected chi connectivity index (χ1v) is 4.18. The lowest BCUT2D eigenvalue weighted by molar-refractivity contribution is 0.716. The molecule has 0 amide bonds. The minimum atomic E-state index is 0. The Morgan fingerprint density at radius 2 is 1.69 bits per heavy atom. The SMILES string of the molecule is CCNCCc1ccccc1.Cl.Cl. The highest BCUT2D eigenvalue weighted by Gasteiger charge is 1.88. The summed E-state index contributed by atoms with van der Waals surface area (Å²) in [6, 6.07) is 10.5. The van der Waals surface area contributed by atoms with Gasteiger partial charge in [-0.15, -0.1) is 24.8 Å². The second kappa shape index (κ2) is 9.85. The lowest BCUT2D eigenvalue weighted by Crippen LogP contribution is -2.15. The van der Waals surface area contributed by atoms with Gasteiger partial charge in [0.15, 0.2) is 0 Å². The molecule has 1 aromatic rings. The van der Waals surface area contributed by atoms with E-state index < -0.39 is 0 Å². The minimum absolute atomic E-state index is 0. The van der Waals surface area contributed by atoms with Gasteiger partial charge in [-0.3, -0.25) is 0 Å². The van der Waals surface area contributed by atoms with Gasteiger partial charge >= 0.3 is 0 Å². The highest BCUT2D eigenvalue weighted by molar-refractivity contribution is 5.85. The lowest BCUT2D eigenvalue weighted by Gasteiger charge is -2.00. The molecule has 13 heavy (non-hydrogen) atoms. The Hall–Kier alpha value is -0.240. The molecule has 0 unspecified atom stereocenters. The molecule has 0 radical (unpaired) electrons. The van der Waals surface area contributed by atoms with Crippen LogP contribution in [0.5, 0.6) is 0 Å². The van der Waals surface area contributed by atoms with Crippen LogP contribution < -0.4 is 5.32 Å². The van der Waals surface area contributed by atoms with E-state index in [1.54, 1.807) is 0 Å². The van der Waals surface area contributed by atoms with E-state index in [1.807, 2.05) is 0 Å². The van der Waals surface area contributed by atoms with E-state index in [-0.39, 0.29) is 24.8 Å². The maximum Gasteiger partial charge on any atom is -0.000847 e. The summed E-state index contributed by atoms with van der Waals surface area (Å²) in [5.41, 5.74) is 1.41. The standard InChI is InChI=1S/C10H15N.2ClH/c1-2-11-9-8-10-6-4-3-5-7-10;;/h3-7,11H,2,8-9H2,1H3;2*1H. The fourth-order valence-corrected chi connectivity index (χ4v) is 1.05. The zero-order valence-corrected chi connectivity index (χ0v) is 9.46. The monoisotopic (exact) mass is 221 g/mol. The quantitative estimate of drug-likeness (QED) is 0.772. The van der Waals surface area contributed by atoms with E-state index in [9.17, 15) is 0 Å². The summed E-state index contributed by atoms with van der Waals surface area (Å²) < 4.78 is 0. The zero-order chi connectivity index (χ0) is 7.94. The average molecular weight is 222 g/mol. The van der Waals surface area contributed by atoms with E-state index in [4.69, 9.17) is 0 Å². The van der Waals surface area contributed by atoms with Gasteiger partial charge in [-0.05, 0) is 25.1 Å². The van der Waals surface area contributed by atoms with Gasteiger partial charge in [-0.2, -0.15) is 0 Å². The van der Waals surface area contributed by atoms with E-state index in [1.165, 1.54) is 5.56 Å². The van der Waals surface area contributed by atoms with Gasteiger partial charge in [0.1, 0.15) is 0 Å². The van der Waals surface area contributed by atoms with Gasteiger partial charge in [0.25, 0.3) is 0 Å². The number of likely N-dealkylation sites (N-methyl/N-ethyl adjacent to an activating group) is 1. The van der Waals surface area contributed by atoms with Crippen LogP contribution in [0.2, 0.25) is 0 Å². The number of hydrogen-bond donors (Lipinski definition) is 1. The van der Waals surface area contributed by atoms with Crippen LogP contribution in [-0.4, -0.2) is 13.1 Å². The molecule has 0 aliphatic rings. The molecule has 0 saturated carbocycles. The molecule has 0 bridgehead atoms. The van der Waals surface area contributed by atoms with Gasteiger partial charge in [0.05, 0.1) is 0 Å². The average Bonchev–Trinajstić information content (AvgIpc) is 2.07. The summed E-state index contributed by atoms with van der Waals surface area (Å²) in [6.45, 7) is 4.28. The third-order valence-electron chi connectivity index (χ3n) is 1.68. The molecule has 1 rings (SSSR count). The molecule has 1 N–H and O–H groups in total. The molecule has 0 spiro atoms. The minimum Gasteiger partial charge on any atom is -0.317 e. The third kappa shape index (κ3) is 6.88. The van der Waals surface area contributed by atoms with Crippen LogP contribution in [0, 0.1) is 0 Å². The molecule has 0 aliphatic heterocycles. The van der Waals surface area contributed by atoms with Crippen LogP contribution in [-0.2, 0) is 6.42 Å². The van der Waals surface area contributed by atoms with Crippen LogP contribution in [0.15, 0.2) is 30.3 Å². The Morgan fingerprint density at radius 1 is 1.08 bits per heavy atom. The smallest absolute Gasteiger partial charge is 0.000847 e. The van der Waals surface area contributed by atoms with E-state index >= 15 is 0 Å². The van der Waals surface area contributed by atoms with Gasteiger partial charge in [-0.1, -0.05) is 37.3 Å². The number of rotatable bonds is 4. The van der Waals surface area contributed by atoms with Crippen molar-refractivity contribution in [2.45, 2.75) is 13.3 Å². The third-order valence-corrected chi connectivity index (χ3v) is 1.68. The van der Waals surface area contributed by atoms with Crippen LogP contribution in [0.1, 0.15) is 12.5 Å². The van der Waals surface area contributed by atoms with Gasteiger partial charge < -0.3 is 5.32 Å². The predicted molar refractivity (Wildman–Crippen MR) is 63.2 cm³/mol. The molecule has 0 aromatic heterocycles. The molecular weight excluding hydrogens is 205 g/mol. The topological polar surface area (TPSA) is 12.0 Å².